The highest BCUT2D eigenvalue weighted by atomic mass is 16.4. The predicted octanol–water partition coefficient (Wildman–Crippen LogP) is 2.51. The van der Waals surface area contributed by atoms with E-state index in [9.17, 15) is 4.79 Å². The minimum atomic E-state index is -0.980. The summed E-state index contributed by atoms with van der Waals surface area (Å²) in [6, 6.07) is 9.43. The van der Waals surface area contributed by atoms with Gasteiger partial charge in [-0.15, -0.1) is 6.58 Å². The van der Waals surface area contributed by atoms with Crippen LogP contribution in [0.4, 0.5) is 0 Å². The van der Waals surface area contributed by atoms with E-state index in [-0.39, 0.29) is 5.71 Å². The number of aliphatic imine (C=N–C) groups is 1. The van der Waals surface area contributed by atoms with Gasteiger partial charge in [-0.2, -0.15) is 0 Å². The molecule has 1 aliphatic rings. The predicted molar refractivity (Wildman–Crippen MR) is 63.2 cm³/mol. The molecule has 0 aliphatic carbocycles. The van der Waals surface area contributed by atoms with Crippen LogP contribution in [0.1, 0.15) is 12.0 Å². The average molecular weight is 213 g/mol. The van der Waals surface area contributed by atoms with E-state index >= 15 is 0 Å². The van der Waals surface area contributed by atoms with E-state index in [1.54, 1.807) is 6.08 Å². The minimum Gasteiger partial charge on any atom is -0.476 e. The molecule has 1 N–H and O–H groups in total. The highest BCUT2D eigenvalue weighted by molar-refractivity contribution is 6.56. The average Bonchev–Trinajstić information content (AvgIpc) is 2.24. The van der Waals surface area contributed by atoms with Crippen LogP contribution < -0.4 is 0 Å². The zero-order valence-electron chi connectivity index (χ0n) is 8.68. The van der Waals surface area contributed by atoms with E-state index in [0.29, 0.717) is 6.42 Å². The number of rotatable bonds is 4. The summed E-state index contributed by atoms with van der Waals surface area (Å²) in [6.45, 7) is 3.63. The first-order chi connectivity index (χ1) is 7.74. The van der Waals surface area contributed by atoms with Crippen LogP contribution in [0.2, 0.25) is 0 Å². The summed E-state index contributed by atoms with van der Waals surface area (Å²) < 4.78 is 0. The summed E-state index contributed by atoms with van der Waals surface area (Å²) in [7, 11) is 0. The molecule has 1 aromatic carbocycles. The molecular weight excluding hydrogens is 202 g/mol. The van der Waals surface area contributed by atoms with Gasteiger partial charge in [-0.3, -0.25) is 0 Å². The third kappa shape index (κ3) is 1.67. The lowest BCUT2D eigenvalue weighted by atomic mass is 9.93. The summed E-state index contributed by atoms with van der Waals surface area (Å²) in [4.78, 5) is 14.9. The van der Waals surface area contributed by atoms with E-state index in [2.05, 4.69) is 11.6 Å². The van der Waals surface area contributed by atoms with E-state index < -0.39 is 5.97 Å². The lowest BCUT2D eigenvalue weighted by Gasteiger charge is -2.19. The standard InChI is InChI=1S/C13H11NO2/c1-2-6-10-11(12(14-10)13(15)16)9-7-4-3-5-8-9/h2-5,7-8H,1,6H2,(H,15,16). The van der Waals surface area contributed by atoms with Gasteiger partial charge in [0.2, 0.25) is 0 Å². The SMILES string of the molecule is C=CCC1=C(c2ccccc2)C(C(=O)O)=N1. The third-order valence-electron chi connectivity index (χ3n) is 2.37. The first-order valence-corrected chi connectivity index (χ1v) is 4.96. The quantitative estimate of drug-likeness (QED) is 0.781. The number of carboxylic acid groups (broad SMARTS) is 1. The van der Waals surface area contributed by atoms with Crippen molar-refractivity contribution in [2.45, 2.75) is 6.42 Å². The van der Waals surface area contributed by atoms with Gasteiger partial charge in [-0.1, -0.05) is 36.4 Å². The Morgan fingerprint density at radius 2 is 2.06 bits per heavy atom. The molecule has 0 fully saturated rings. The van der Waals surface area contributed by atoms with Crippen LogP contribution in [0.5, 0.6) is 0 Å². The van der Waals surface area contributed by atoms with Crippen LogP contribution in [-0.2, 0) is 4.79 Å². The maximum absolute atomic E-state index is 10.9. The van der Waals surface area contributed by atoms with Crippen molar-refractivity contribution in [3.63, 3.8) is 0 Å². The molecule has 1 aliphatic heterocycles. The molecule has 0 bridgehead atoms. The summed E-state index contributed by atoms with van der Waals surface area (Å²) in [5, 5.41) is 8.96. The lowest BCUT2D eigenvalue weighted by Crippen LogP contribution is -2.22. The maximum atomic E-state index is 10.9. The van der Waals surface area contributed by atoms with Crippen LogP contribution in [0.25, 0.3) is 5.57 Å². The Labute approximate surface area is 93.5 Å². The Bertz CT molecular complexity index is 498. The van der Waals surface area contributed by atoms with Gasteiger partial charge in [-0.05, 0) is 5.56 Å². The molecule has 0 unspecified atom stereocenters. The molecule has 2 rings (SSSR count). The first-order valence-electron chi connectivity index (χ1n) is 4.96. The number of aliphatic carboxylic acids is 1. The van der Waals surface area contributed by atoms with Crippen molar-refractivity contribution in [1.29, 1.82) is 0 Å². The Morgan fingerprint density at radius 1 is 1.38 bits per heavy atom. The molecule has 80 valence electrons. The number of allylic oxidation sites excluding steroid dienone is 1. The van der Waals surface area contributed by atoms with Crippen molar-refractivity contribution >= 4 is 17.3 Å². The van der Waals surface area contributed by atoms with Crippen LogP contribution in [0, 0.1) is 0 Å². The van der Waals surface area contributed by atoms with Gasteiger partial charge < -0.3 is 5.11 Å². The van der Waals surface area contributed by atoms with Gasteiger partial charge in [0.25, 0.3) is 0 Å². The second kappa shape index (κ2) is 4.14. The Balaban J connectivity index is 2.38. The van der Waals surface area contributed by atoms with E-state index in [1.807, 2.05) is 30.3 Å². The monoisotopic (exact) mass is 213 g/mol. The van der Waals surface area contributed by atoms with Gasteiger partial charge in [0.15, 0.2) is 5.71 Å². The van der Waals surface area contributed by atoms with Gasteiger partial charge in [0.05, 0.1) is 5.70 Å². The zero-order chi connectivity index (χ0) is 11.5. The van der Waals surface area contributed by atoms with E-state index in [0.717, 1.165) is 16.8 Å². The number of hydrogen-bond acceptors (Lipinski definition) is 2. The molecule has 0 radical (unpaired) electrons. The minimum absolute atomic E-state index is 0.142. The molecule has 0 atom stereocenters. The number of nitrogens with zero attached hydrogens (tertiary/aromatic N) is 1. The van der Waals surface area contributed by atoms with Crippen molar-refractivity contribution in [2.75, 3.05) is 0 Å². The molecule has 3 heteroatoms. The highest BCUT2D eigenvalue weighted by Crippen LogP contribution is 2.31. The molecule has 0 saturated heterocycles. The van der Waals surface area contributed by atoms with E-state index in [4.69, 9.17) is 5.11 Å². The van der Waals surface area contributed by atoms with Crippen LogP contribution in [0.3, 0.4) is 0 Å². The lowest BCUT2D eigenvalue weighted by molar-refractivity contribution is -0.129. The highest BCUT2D eigenvalue weighted by Gasteiger charge is 2.28. The molecule has 0 saturated carbocycles. The summed E-state index contributed by atoms with van der Waals surface area (Å²) in [5.41, 5.74) is 2.56. The van der Waals surface area contributed by atoms with Crippen molar-refractivity contribution in [3.05, 3.63) is 54.2 Å². The second-order valence-electron chi connectivity index (χ2n) is 3.45. The first kappa shape index (κ1) is 10.4. The molecule has 1 aromatic rings. The maximum Gasteiger partial charge on any atom is 0.355 e. The molecule has 0 amide bonds. The van der Waals surface area contributed by atoms with Crippen molar-refractivity contribution < 1.29 is 9.90 Å². The van der Waals surface area contributed by atoms with Crippen LogP contribution in [-0.4, -0.2) is 16.8 Å². The number of carboxylic acids is 1. The van der Waals surface area contributed by atoms with Gasteiger partial charge in [-0.25, -0.2) is 9.79 Å². The van der Waals surface area contributed by atoms with Gasteiger partial charge in [0.1, 0.15) is 0 Å². The fraction of sp³-hybridized carbons (Fsp3) is 0.0769. The second-order valence-corrected chi connectivity index (χ2v) is 3.45. The van der Waals surface area contributed by atoms with Crippen molar-refractivity contribution in [3.8, 4) is 0 Å². The largest absolute Gasteiger partial charge is 0.476 e. The fourth-order valence-corrected chi connectivity index (χ4v) is 1.68. The Morgan fingerprint density at radius 3 is 2.62 bits per heavy atom. The molecule has 1 heterocycles. The smallest absolute Gasteiger partial charge is 0.355 e. The number of benzene rings is 1. The van der Waals surface area contributed by atoms with Crippen LogP contribution >= 0.6 is 0 Å². The summed E-state index contributed by atoms with van der Waals surface area (Å²) in [6.07, 6.45) is 2.32. The molecule has 0 aromatic heterocycles. The fourth-order valence-electron chi connectivity index (χ4n) is 1.68. The number of hydrogen-bond donors (Lipinski definition) is 1. The van der Waals surface area contributed by atoms with Gasteiger partial charge in [0, 0.05) is 12.0 Å². The molecular formula is C13H11NO2. The summed E-state index contributed by atoms with van der Waals surface area (Å²) >= 11 is 0. The molecule has 0 spiro atoms. The van der Waals surface area contributed by atoms with Crippen LogP contribution in [0.15, 0.2) is 53.7 Å². The Hall–Kier alpha value is -2.16. The number of carbonyl (C=O) groups is 1. The van der Waals surface area contributed by atoms with E-state index in [1.165, 1.54) is 0 Å². The molecule has 3 nitrogen and oxygen atoms in total. The molecule has 16 heavy (non-hydrogen) atoms. The zero-order valence-corrected chi connectivity index (χ0v) is 8.68. The topological polar surface area (TPSA) is 49.7 Å². The van der Waals surface area contributed by atoms with Crippen molar-refractivity contribution in [2.24, 2.45) is 4.99 Å². The normalized spacial score (nSPS) is 14.1. The van der Waals surface area contributed by atoms with Crippen molar-refractivity contribution in [1.82, 2.24) is 0 Å². The summed E-state index contributed by atoms with van der Waals surface area (Å²) in [5.74, 6) is -0.980. The third-order valence-corrected chi connectivity index (χ3v) is 2.37. The van der Waals surface area contributed by atoms with Gasteiger partial charge >= 0.3 is 5.97 Å². The Kier molecular flexibility index (Phi) is 2.68.